The largest absolute Gasteiger partial charge is 0.456 e. The van der Waals surface area contributed by atoms with Crippen molar-refractivity contribution in [2.24, 2.45) is 0 Å². The third-order valence-corrected chi connectivity index (χ3v) is 11.4. The first-order valence-corrected chi connectivity index (χ1v) is 19.5. The Labute approximate surface area is 333 Å². The van der Waals surface area contributed by atoms with E-state index in [1.54, 1.807) is 0 Å². The van der Waals surface area contributed by atoms with E-state index in [0.29, 0.717) is 17.5 Å². The molecule has 3 heterocycles. The summed E-state index contributed by atoms with van der Waals surface area (Å²) < 4.78 is 8.70. The van der Waals surface area contributed by atoms with Gasteiger partial charge in [0, 0.05) is 43.9 Å². The lowest BCUT2D eigenvalue weighted by Gasteiger charge is -2.11. The molecule has 0 N–H and O–H groups in total. The molecule has 5 heteroatoms. The van der Waals surface area contributed by atoms with Crippen molar-refractivity contribution < 1.29 is 4.42 Å². The van der Waals surface area contributed by atoms with Crippen LogP contribution >= 0.6 is 0 Å². The van der Waals surface area contributed by atoms with Crippen molar-refractivity contribution in [3.8, 4) is 51.0 Å². The van der Waals surface area contributed by atoms with Crippen molar-refractivity contribution in [3.63, 3.8) is 0 Å². The molecule has 58 heavy (non-hydrogen) atoms. The molecule has 0 bridgehead atoms. The highest BCUT2D eigenvalue weighted by molar-refractivity contribution is 6.11. The first-order chi connectivity index (χ1) is 28.7. The number of fused-ring (bicyclic) bond motifs is 8. The van der Waals surface area contributed by atoms with Crippen LogP contribution in [-0.2, 0) is 0 Å². The lowest BCUT2D eigenvalue weighted by Crippen LogP contribution is -2.00. The Morgan fingerprint density at radius 3 is 1.69 bits per heavy atom. The van der Waals surface area contributed by atoms with Crippen LogP contribution in [0.3, 0.4) is 0 Å². The normalized spacial score (nSPS) is 11.8. The molecule has 5 nitrogen and oxygen atoms in total. The van der Waals surface area contributed by atoms with Gasteiger partial charge in [0.05, 0.1) is 11.0 Å². The van der Waals surface area contributed by atoms with Crippen molar-refractivity contribution in [3.05, 3.63) is 194 Å². The number of aromatic nitrogens is 4. The fraction of sp³-hybridized carbons (Fsp3) is 0. The highest BCUT2D eigenvalue weighted by Crippen LogP contribution is 2.38. The van der Waals surface area contributed by atoms with Crippen molar-refractivity contribution in [2.45, 2.75) is 0 Å². The maximum absolute atomic E-state index is 6.38. The van der Waals surface area contributed by atoms with Crippen molar-refractivity contribution in [1.29, 1.82) is 0 Å². The van der Waals surface area contributed by atoms with Gasteiger partial charge in [-0.05, 0) is 99.4 Å². The number of nitrogens with zero attached hydrogens (tertiary/aromatic N) is 4. The minimum atomic E-state index is 0.594. The summed E-state index contributed by atoms with van der Waals surface area (Å²) in [6.45, 7) is 0. The summed E-state index contributed by atoms with van der Waals surface area (Å²) in [4.78, 5) is 15.7. The van der Waals surface area contributed by atoms with E-state index in [2.05, 4.69) is 193 Å². The van der Waals surface area contributed by atoms with E-state index in [9.17, 15) is 0 Å². The Morgan fingerprint density at radius 2 is 0.879 bits per heavy atom. The van der Waals surface area contributed by atoms with Gasteiger partial charge < -0.3 is 8.98 Å². The smallest absolute Gasteiger partial charge is 0.164 e. The number of para-hydroxylation sites is 2. The van der Waals surface area contributed by atoms with Gasteiger partial charge in [-0.3, -0.25) is 0 Å². The van der Waals surface area contributed by atoms with E-state index < -0.39 is 0 Å². The molecule has 9 aromatic carbocycles. The zero-order chi connectivity index (χ0) is 38.2. The minimum Gasteiger partial charge on any atom is -0.456 e. The van der Waals surface area contributed by atoms with Gasteiger partial charge in [0.25, 0.3) is 0 Å². The van der Waals surface area contributed by atoms with E-state index in [4.69, 9.17) is 19.4 Å². The molecule has 0 aliphatic carbocycles. The van der Waals surface area contributed by atoms with Crippen molar-refractivity contribution in [2.75, 3.05) is 0 Å². The average molecular weight is 741 g/mol. The van der Waals surface area contributed by atoms with E-state index in [-0.39, 0.29) is 0 Å². The topological polar surface area (TPSA) is 56.7 Å². The Bertz CT molecular complexity index is 3580. The van der Waals surface area contributed by atoms with E-state index in [1.165, 1.54) is 26.9 Å². The van der Waals surface area contributed by atoms with Crippen molar-refractivity contribution in [1.82, 2.24) is 19.5 Å². The molecule has 12 rings (SSSR count). The number of rotatable bonds is 5. The zero-order valence-corrected chi connectivity index (χ0v) is 31.2. The van der Waals surface area contributed by atoms with Crippen LogP contribution < -0.4 is 0 Å². The lowest BCUT2D eigenvalue weighted by molar-refractivity contribution is 0.669. The van der Waals surface area contributed by atoms with Crippen LogP contribution in [0.4, 0.5) is 0 Å². The fourth-order valence-corrected chi connectivity index (χ4v) is 8.54. The summed E-state index contributed by atoms with van der Waals surface area (Å²) >= 11 is 0. The van der Waals surface area contributed by atoms with Crippen molar-refractivity contribution >= 4 is 65.3 Å². The van der Waals surface area contributed by atoms with Crippen LogP contribution in [0.15, 0.2) is 199 Å². The van der Waals surface area contributed by atoms with Crippen LogP contribution in [0.2, 0.25) is 0 Å². The first-order valence-electron chi connectivity index (χ1n) is 19.5. The zero-order valence-electron chi connectivity index (χ0n) is 31.2. The molecule has 0 fully saturated rings. The van der Waals surface area contributed by atoms with Crippen LogP contribution in [0, 0.1) is 0 Å². The Morgan fingerprint density at radius 1 is 0.310 bits per heavy atom. The number of hydrogen-bond donors (Lipinski definition) is 0. The fourth-order valence-electron chi connectivity index (χ4n) is 8.54. The molecule has 0 atom stereocenters. The van der Waals surface area contributed by atoms with Gasteiger partial charge in [0.15, 0.2) is 17.5 Å². The van der Waals surface area contributed by atoms with Gasteiger partial charge in [0.2, 0.25) is 0 Å². The summed E-state index contributed by atoms with van der Waals surface area (Å²) in [7, 11) is 0. The van der Waals surface area contributed by atoms with Gasteiger partial charge in [-0.2, -0.15) is 0 Å². The molecular weight excluding hydrogens is 709 g/mol. The highest BCUT2D eigenvalue weighted by Gasteiger charge is 2.18. The number of furan rings is 1. The molecule has 12 aromatic rings. The molecule has 0 unspecified atom stereocenters. The summed E-state index contributed by atoms with van der Waals surface area (Å²) in [5.41, 5.74) is 9.96. The molecular formula is C53H32N4O. The summed E-state index contributed by atoms with van der Waals surface area (Å²) in [6.07, 6.45) is 0. The Balaban J connectivity index is 1.06. The molecule has 3 aromatic heterocycles. The maximum atomic E-state index is 6.38. The van der Waals surface area contributed by atoms with Crippen LogP contribution in [-0.4, -0.2) is 19.5 Å². The quantitative estimate of drug-likeness (QED) is 0.176. The van der Waals surface area contributed by atoms with Crippen LogP contribution in [0.5, 0.6) is 0 Å². The Hall–Kier alpha value is -7.89. The van der Waals surface area contributed by atoms with Crippen LogP contribution in [0.1, 0.15) is 0 Å². The van der Waals surface area contributed by atoms with E-state index in [0.717, 1.165) is 71.9 Å². The van der Waals surface area contributed by atoms with Gasteiger partial charge in [-0.15, -0.1) is 0 Å². The first kappa shape index (κ1) is 32.4. The van der Waals surface area contributed by atoms with E-state index in [1.807, 2.05) is 6.07 Å². The molecule has 0 aliphatic rings. The third-order valence-electron chi connectivity index (χ3n) is 11.4. The molecule has 0 saturated carbocycles. The van der Waals surface area contributed by atoms with Gasteiger partial charge in [0.1, 0.15) is 11.2 Å². The second-order valence-corrected chi connectivity index (χ2v) is 14.9. The summed E-state index contributed by atoms with van der Waals surface area (Å²) in [5.74, 6) is 1.80. The minimum absolute atomic E-state index is 0.594. The number of hydrogen-bond acceptors (Lipinski definition) is 4. The molecule has 0 amide bonds. The van der Waals surface area contributed by atoms with Gasteiger partial charge >= 0.3 is 0 Å². The summed E-state index contributed by atoms with van der Waals surface area (Å²) in [6, 6.07) is 68.2. The van der Waals surface area contributed by atoms with E-state index >= 15 is 0 Å². The molecule has 0 spiro atoms. The lowest BCUT2D eigenvalue weighted by atomic mass is 9.99. The third kappa shape index (κ3) is 5.29. The predicted molar refractivity (Wildman–Crippen MR) is 238 cm³/mol. The average Bonchev–Trinajstić information content (AvgIpc) is 3.82. The SMILES string of the molecule is c1ccc(-n2c3ccccc3c3ccc(-c4nc(-c5cccc(-c6ccc7ccccc7c6)c5)nc(-c5ccc6oc7cc8ccccc8cc7c6c5)n4)cc32)cc1. The van der Waals surface area contributed by atoms with Gasteiger partial charge in [-0.25, -0.2) is 15.0 Å². The number of benzene rings is 9. The second kappa shape index (κ2) is 12.8. The maximum Gasteiger partial charge on any atom is 0.164 e. The molecule has 0 saturated heterocycles. The highest BCUT2D eigenvalue weighted by atomic mass is 16.3. The second-order valence-electron chi connectivity index (χ2n) is 14.9. The van der Waals surface area contributed by atoms with Crippen LogP contribution in [0.25, 0.3) is 116 Å². The summed E-state index contributed by atoms with van der Waals surface area (Å²) in [5, 5.41) is 9.19. The molecule has 270 valence electrons. The molecule has 0 radical (unpaired) electrons. The standard InChI is InChI=1S/C53H32N4O/c1-2-17-42(18-3-1)57-47-20-9-8-19-43(47)44-25-23-41(31-48(44)57)53-55-51(39-16-10-15-35(28-39)38-22-21-33-11-4-5-12-34(33)27-38)54-52(56-53)40-24-26-49-45(30-40)46-29-36-13-6-7-14-37(36)32-50(46)58-49/h1-32H. The van der Waals surface area contributed by atoms with Gasteiger partial charge in [-0.1, -0.05) is 127 Å². The monoisotopic (exact) mass is 740 g/mol. The molecule has 0 aliphatic heterocycles. The Kier molecular flexibility index (Phi) is 7.16. The predicted octanol–water partition coefficient (Wildman–Crippen LogP) is 13.8.